The van der Waals surface area contributed by atoms with Crippen LogP contribution in [-0.2, 0) is 6.61 Å². The first-order valence-corrected chi connectivity index (χ1v) is 10.9. The molecule has 4 nitrogen and oxygen atoms in total. The van der Waals surface area contributed by atoms with E-state index in [1.807, 2.05) is 51.1 Å². The van der Waals surface area contributed by atoms with Crippen molar-refractivity contribution in [1.82, 2.24) is 0 Å². The van der Waals surface area contributed by atoms with Gasteiger partial charge in [-0.15, -0.1) is 11.3 Å². The fourth-order valence-corrected chi connectivity index (χ4v) is 4.12. The SMILES string of the molecule is CCOc1cc(C=Nc2sc(C)c(C)c2C#N)cc(Cl)c1OCc1ccc(Cl)cc1. The number of thiophene rings is 1. The molecule has 1 heterocycles. The van der Waals surface area contributed by atoms with Crippen molar-refractivity contribution in [2.45, 2.75) is 27.4 Å². The minimum atomic E-state index is 0.337. The summed E-state index contributed by atoms with van der Waals surface area (Å²) in [5, 5.41) is 11.2. The highest BCUT2D eigenvalue weighted by atomic mass is 35.5. The van der Waals surface area contributed by atoms with Crippen LogP contribution < -0.4 is 9.47 Å². The zero-order valence-electron chi connectivity index (χ0n) is 16.8. The first-order valence-electron chi connectivity index (χ1n) is 9.30. The van der Waals surface area contributed by atoms with Crippen molar-refractivity contribution in [2.24, 2.45) is 4.99 Å². The van der Waals surface area contributed by atoms with Gasteiger partial charge < -0.3 is 9.47 Å². The van der Waals surface area contributed by atoms with Crippen molar-refractivity contribution in [3.05, 3.63) is 73.6 Å². The van der Waals surface area contributed by atoms with Gasteiger partial charge >= 0.3 is 0 Å². The minimum absolute atomic E-state index is 0.337. The fourth-order valence-electron chi connectivity index (χ4n) is 2.77. The number of ether oxygens (including phenoxy) is 2. The van der Waals surface area contributed by atoms with Gasteiger partial charge in [-0.05, 0) is 61.7 Å². The van der Waals surface area contributed by atoms with E-state index in [4.69, 9.17) is 32.7 Å². The largest absolute Gasteiger partial charge is 0.490 e. The van der Waals surface area contributed by atoms with Crippen molar-refractivity contribution < 1.29 is 9.47 Å². The number of hydrogen-bond acceptors (Lipinski definition) is 5. The quantitative estimate of drug-likeness (QED) is 0.349. The van der Waals surface area contributed by atoms with Crippen molar-refractivity contribution in [3.8, 4) is 17.6 Å². The van der Waals surface area contributed by atoms with E-state index in [1.165, 1.54) is 11.3 Å². The van der Waals surface area contributed by atoms with Gasteiger partial charge in [0.15, 0.2) is 11.5 Å². The monoisotopic (exact) mass is 458 g/mol. The number of hydrogen-bond donors (Lipinski definition) is 0. The summed E-state index contributed by atoms with van der Waals surface area (Å²) in [7, 11) is 0. The van der Waals surface area contributed by atoms with E-state index in [1.54, 1.807) is 12.3 Å². The summed E-state index contributed by atoms with van der Waals surface area (Å²) < 4.78 is 11.7. The first-order chi connectivity index (χ1) is 14.4. The molecule has 7 heteroatoms. The summed E-state index contributed by atoms with van der Waals surface area (Å²) in [6, 6.07) is 13.2. The van der Waals surface area contributed by atoms with E-state index in [0.717, 1.165) is 21.6 Å². The molecule has 0 N–H and O–H groups in total. The zero-order chi connectivity index (χ0) is 21.7. The molecule has 0 radical (unpaired) electrons. The van der Waals surface area contributed by atoms with Crippen LogP contribution in [0.2, 0.25) is 10.0 Å². The van der Waals surface area contributed by atoms with E-state index in [-0.39, 0.29) is 0 Å². The summed E-state index contributed by atoms with van der Waals surface area (Å²) >= 11 is 13.9. The molecular formula is C23H20Cl2N2O2S. The van der Waals surface area contributed by atoms with Crippen molar-refractivity contribution in [2.75, 3.05) is 6.61 Å². The Morgan fingerprint density at radius 3 is 2.53 bits per heavy atom. The Kier molecular flexibility index (Phi) is 7.38. The van der Waals surface area contributed by atoms with Crippen LogP contribution in [0.25, 0.3) is 0 Å². The summed E-state index contributed by atoms with van der Waals surface area (Å²) in [6.07, 6.45) is 1.68. The summed E-state index contributed by atoms with van der Waals surface area (Å²) in [5.41, 5.74) is 3.30. The summed E-state index contributed by atoms with van der Waals surface area (Å²) in [6.45, 7) is 6.62. The van der Waals surface area contributed by atoms with Crippen LogP contribution in [0.4, 0.5) is 5.00 Å². The molecule has 154 valence electrons. The third kappa shape index (κ3) is 5.14. The second kappa shape index (κ2) is 9.99. The number of halogens is 2. The normalized spacial score (nSPS) is 10.9. The van der Waals surface area contributed by atoms with Gasteiger partial charge in [-0.2, -0.15) is 5.26 Å². The van der Waals surface area contributed by atoms with Crippen LogP contribution >= 0.6 is 34.5 Å². The maximum absolute atomic E-state index is 9.39. The maximum Gasteiger partial charge on any atom is 0.180 e. The molecular weight excluding hydrogens is 439 g/mol. The second-order valence-electron chi connectivity index (χ2n) is 6.51. The molecule has 0 bridgehead atoms. The molecule has 3 aromatic rings. The van der Waals surface area contributed by atoms with Gasteiger partial charge in [-0.3, -0.25) is 0 Å². The Bertz CT molecular complexity index is 1120. The molecule has 0 aliphatic carbocycles. The zero-order valence-corrected chi connectivity index (χ0v) is 19.2. The van der Waals surface area contributed by atoms with Crippen LogP contribution in [0.3, 0.4) is 0 Å². The lowest BCUT2D eigenvalue weighted by Gasteiger charge is -2.14. The van der Waals surface area contributed by atoms with Crippen LogP contribution in [0.5, 0.6) is 11.5 Å². The molecule has 30 heavy (non-hydrogen) atoms. The number of benzene rings is 2. The lowest BCUT2D eigenvalue weighted by Crippen LogP contribution is -2.01. The van der Waals surface area contributed by atoms with Crippen molar-refractivity contribution in [3.63, 3.8) is 0 Å². The van der Waals surface area contributed by atoms with Crippen LogP contribution in [-0.4, -0.2) is 12.8 Å². The van der Waals surface area contributed by atoms with Gasteiger partial charge in [0.25, 0.3) is 0 Å². The molecule has 0 amide bonds. The summed E-state index contributed by atoms with van der Waals surface area (Å²) in [4.78, 5) is 5.59. The third-order valence-electron chi connectivity index (χ3n) is 4.44. The lowest BCUT2D eigenvalue weighted by atomic mass is 10.2. The highest BCUT2D eigenvalue weighted by Gasteiger charge is 2.14. The Hall–Kier alpha value is -2.52. The average molecular weight is 459 g/mol. The highest BCUT2D eigenvalue weighted by Crippen LogP contribution is 2.38. The van der Waals surface area contributed by atoms with Crippen LogP contribution in [0, 0.1) is 25.2 Å². The second-order valence-corrected chi connectivity index (χ2v) is 8.56. The lowest BCUT2D eigenvalue weighted by molar-refractivity contribution is 0.269. The molecule has 0 saturated carbocycles. The topological polar surface area (TPSA) is 54.6 Å². The van der Waals surface area contributed by atoms with Crippen molar-refractivity contribution >= 4 is 45.8 Å². The van der Waals surface area contributed by atoms with Crippen molar-refractivity contribution in [1.29, 1.82) is 5.26 Å². The number of rotatable bonds is 7. The molecule has 0 fully saturated rings. The van der Waals surface area contributed by atoms with Gasteiger partial charge in [-0.1, -0.05) is 35.3 Å². The predicted octanol–water partition coefficient (Wildman–Crippen LogP) is 7.27. The number of nitrogens with zero attached hydrogens (tertiary/aromatic N) is 2. The number of nitriles is 1. The van der Waals surface area contributed by atoms with E-state index < -0.39 is 0 Å². The van der Waals surface area contributed by atoms with Gasteiger partial charge in [0.2, 0.25) is 0 Å². The van der Waals surface area contributed by atoms with Gasteiger partial charge in [0.05, 0.1) is 17.2 Å². The maximum atomic E-state index is 9.39. The molecule has 1 aromatic heterocycles. The van der Waals surface area contributed by atoms with Gasteiger partial charge in [0, 0.05) is 16.1 Å². The predicted molar refractivity (Wildman–Crippen MR) is 124 cm³/mol. The molecule has 0 atom stereocenters. The van der Waals surface area contributed by atoms with Gasteiger partial charge in [-0.25, -0.2) is 4.99 Å². The highest BCUT2D eigenvalue weighted by molar-refractivity contribution is 7.16. The fraction of sp³-hybridized carbons (Fsp3) is 0.217. The number of aryl methyl sites for hydroxylation is 1. The van der Waals surface area contributed by atoms with E-state index >= 15 is 0 Å². The Balaban J connectivity index is 1.86. The van der Waals surface area contributed by atoms with Crippen LogP contribution in [0.1, 0.15) is 34.1 Å². The Labute approximate surface area is 190 Å². The number of aliphatic imine (C=N–C) groups is 1. The molecule has 0 saturated heterocycles. The molecule has 0 aliphatic heterocycles. The molecule has 2 aromatic carbocycles. The third-order valence-corrected chi connectivity index (χ3v) is 6.09. The van der Waals surface area contributed by atoms with Gasteiger partial charge in [0.1, 0.15) is 17.7 Å². The van der Waals surface area contributed by atoms with E-state index in [9.17, 15) is 5.26 Å². The first kappa shape index (κ1) is 22.2. The smallest absolute Gasteiger partial charge is 0.180 e. The average Bonchev–Trinajstić information content (AvgIpc) is 3.00. The molecule has 0 unspecified atom stereocenters. The molecule has 3 rings (SSSR count). The Morgan fingerprint density at radius 2 is 1.87 bits per heavy atom. The summed E-state index contributed by atoms with van der Waals surface area (Å²) in [5.74, 6) is 1.02. The van der Waals surface area contributed by atoms with Crippen LogP contribution in [0.15, 0.2) is 41.4 Å². The van der Waals surface area contributed by atoms with E-state index in [0.29, 0.717) is 45.3 Å². The standard InChI is InChI=1S/C23H20Cl2N2O2S/c1-4-28-21-10-17(12-27-23-19(11-26)14(2)15(3)30-23)9-20(25)22(21)29-13-16-5-7-18(24)8-6-16/h5-10,12H,4,13H2,1-3H3. The minimum Gasteiger partial charge on any atom is -0.490 e. The Morgan fingerprint density at radius 1 is 1.13 bits per heavy atom. The molecule has 0 aliphatic rings. The molecule has 0 spiro atoms. The van der Waals surface area contributed by atoms with E-state index in [2.05, 4.69) is 11.1 Å².